The van der Waals surface area contributed by atoms with Crippen LogP contribution in [0, 0.1) is 0 Å². The van der Waals surface area contributed by atoms with Crippen molar-refractivity contribution in [3.05, 3.63) is 77.0 Å². The Bertz CT molecular complexity index is 1200. The highest BCUT2D eigenvalue weighted by Crippen LogP contribution is 2.36. The van der Waals surface area contributed by atoms with Crippen molar-refractivity contribution in [2.24, 2.45) is 9.98 Å². The number of hydrogen-bond donors (Lipinski definition) is 0. The van der Waals surface area contributed by atoms with Crippen LogP contribution in [0.1, 0.15) is 29.2 Å². The van der Waals surface area contributed by atoms with Crippen molar-refractivity contribution in [1.29, 1.82) is 0 Å². The van der Waals surface area contributed by atoms with Crippen LogP contribution in [0.5, 0.6) is 5.75 Å². The molecule has 0 aliphatic carbocycles. The molecule has 0 amide bonds. The van der Waals surface area contributed by atoms with Gasteiger partial charge in [-0.3, -0.25) is 4.90 Å². The molecule has 1 fully saturated rings. The van der Waals surface area contributed by atoms with Gasteiger partial charge in [-0.15, -0.1) is 0 Å². The molecule has 1 aliphatic heterocycles. The van der Waals surface area contributed by atoms with Gasteiger partial charge in [-0.2, -0.15) is 23.0 Å². The number of aliphatic imine (C=N–C) groups is 2. The molecule has 39 heavy (non-hydrogen) atoms. The molecular weight excluding hydrogens is 509 g/mol. The minimum absolute atomic E-state index is 0.245. The SMILES string of the molecule is C=Nc1c(C(F)(F)F)cnn1/C(=N\CN1CCOCC1)N(Cc1ccc(CC)cc1)Cc1ccc(OC)cc1. The van der Waals surface area contributed by atoms with Gasteiger partial charge in [0.2, 0.25) is 5.96 Å². The van der Waals surface area contributed by atoms with Gasteiger partial charge in [0, 0.05) is 26.2 Å². The van der Waals surface area contributed by atoms with E-state index in [0.29, 0.717) is 45.1 Å². The third-order valence-corrected chi connectivity index (χ3v) is 6.52. The fraction of sp³-hybridized carbons (Fsp3) is 0.393. The number of ether oxygens (including phenoxy) is 2. The molecule has 0 bridgehead atoms. The second-order valence-electron chi connectivity index (χ2n) is 9.15. The summed E-state index contributed by atoms with van der Waals surface area (Å²) in [6, 6.07) is 15.7. The molecule has 208 valence electrons. The third-order valence-electron chi connectivity index (χ3n) is 6.52. The molecule has 3 aromatic rings. The number of aromatic nitrogens is 2. The molecule has 2 aromatic carbocycles. The topological polar surface area (TPSA) is 67.5 Å². The standard InChI is InChI=1S/C28H33F3N6O2/c1-4-21-5-7-22(8-6-21)18-36(19-23-9-11-24(38-3)12-10-23)27(33-20-35-13-15-39-16-14-35)37-26(32-2)25(17-34-37)28(29,30)31/h5-12,17H,2,4,13-16,18-20H2,1,3H3/b33-27-. The number of alkyl halides is 3. The zero-order valence-electron chi connectivity index (χ0n) is 22.2. The van der Waals surface area contributed by atoms with Crippen molar-refractivity contribution in [2.45, 2.75) is 32.6 Å². The summed E-state index contributed by atoms with van der Waals surface area (Å²) in [5.74, 6) is 0.556. The summed E-state index contributed by atoms with van der Waals surface area (Å²) < 4.78 is 53.3. The van der Waals surface area contributed by atoms with Gasteiger partial charge in [0.25, 0.3) is 0 Å². The zero-order valence-corrected chi connectivity index (χ0v) is 22.2. The van der Waals surface area contributed by atoms with E-state index in [1.807, 2.05) is 41.3 Å². The van der Waals surface area contributed by atoms with Crippen LogP contribution < -0.4 is 4.74 Å². The quantitative estimate of drug-likeness (QED) is 0.281. The summed E-state index contributed by atoms with van der Waals surface area (Å²) in [4.78, 5) is 12.5. The van der Waals surface area contributed by atoms with Gasteiger partial charge in [-0.05, 0) is 42.0 Å². The van der Waals surface area contributed by atoms with E-state index in [0.717, 1.165) is 28.4 Å². The van der Waals surface area contributed by atoms with E-state index in [2.05, 4.69) is 40.8 Å². The molecule has 1 aliphatic rings. The Morgan fingerprint density at radius 1 is 1.03 bits per heavy atom. The van der Waals surface area contributed by atoms with E-state index in [9.17, 15) is 13.2 Å². The van der Waals surface area contributed by atoms with Crippen LogP contribution >= 0.6 is 0 Å². The largest absolute Gasteiger partial charge is 0.497 e. The van der Waals surface area contributed by atoms with Crippen LogP contribution in [-0.4, -0.2) is 72.3 Å². The lowest BCUT2D eigenvalue weighted by Gasteiger charge is -2.29. The molecule has 1 saturated heterocycles. The van der Waals surface area contributed by atoms with Gasteiger partial charge >= 0.3 is 6.18 Å². The molecule has 0 N–H and O–H groups in total. The van der Waals surface area contributed by atoms with E-state index < -0.39 is 17.6 Å². The minimum Gasteiger partial charge on any atom is -0.497 e. The first kappa shape index (κ1) is 28.3. The Hall–Kier alpha value is -3.70. The number of rotatable bonds is 9. The van der Waals surface area contributed by atoms with Crippen LogP contribution in [-0.2, 0) is 30.4 Å². The van der Waals surface area contributed by atoms with Crippen molar-refractivity contribution in [3.8, 4) is 5.75 Å². The number of halogens is 3. The molecule has 4 rings (SSSR count). The van der Waals surface area contributed by atoms with Gasteiger partial charge in [-0.1, -0.05) is 43.3 Å². The minimum atomic E-state index is -4.64. The van der Waals surface area contributed by atoms with Gasteiger partial charge in [-0.25, -0.2) is 9.98 Å². The van der Waals surface area contributed by atoms with Crippen LogP contribution in [0.4, 0.5) is 19.0 Å². The fourth-order valence-corrected chi connectivity index (χ4v) is 4.30. The molecule has 0 radical (unpaired) electrons. The zero-order chi connectivity index (χ0) is 27.8. The highest BCUT2D eigenvalue weighted by molar-refractivity contribution is 5.85. The third kappa shape index (κ3) is 7.24. The summed E-state index contributed by atoms with van der Waals surface area (Å²) >= 11 is 0. The first-order chi connectivity index (χ1) is 18.8. The molecule has 1 aromatic heterocycles. The van der Waals surface area contributed by atoms with E-state index in [-0.39, 0.29) is 12.6 Å². The highest BCUT2D eigenvalue weighted by atomic mass is 19.4. The van der Waals surface area contributed by atoms with Crippen LogP contribution in [0.15, 0.2) is 64.7 Å². The highest BCUT2D eigenvalue weighted by Gasteiger charge is 2.37. The average molecular weight is 543 g/mol. The van der Waals surface area contributed by atoms with Gasteiger partial charge in [0.1, 0.15) is 11.3 Å². The van der Waals surface area contributed by atoms with E-state index in [1.54, 1.807) is 7.11 Å². The Morgan fingerprint density at radius 3 is 2.15 bits per heavy atom. The van der Waals surface area contributed by atoms with Crippen molar-refractivity contribution >= 4 is 18.5 Å². The number of benzene rings is 2. The van der Waals surface area contributed by atoms with Crippen molar-refractivity contribution in [2.75, 3.05) is 40.1 Å². The lowest BCUT2D eigenvalue weighted by molar-refractivity contribution is -0.137. The first-order valence-electron chi connectivity index (χ1n) is 12.7. The van der Waals surface area contributed by atoms with E-state index >= 15 is 0 Å². The van der Waals surface area contributed by atoms with Gasteiger partial charge in [0.15, 0.2) is 5.82 Å². The summed E-state index contributed by atoms with van der Waals surface area (Å²) in [6.45, 7) is 9.00. The first-order valence-corrected chi connectivity index (χ1v) is 12.7. The number of hydrogen-bond acceptors (Lipinski definition) is 6. The normalized spacial score (nSPS) is 14.8. The maximum Gasteiger partial charge on any atom is 0.421 e. The Kier molecular flexibility index (Phi) is 9.36. The predicted molar refractivity (Wildman–Crippen MR) is 145 cm³/mol. The fourth-order valence-electron chi connectivity index (χ4n) is 4.30. The van der Waals surface area contributed by atoms with Crippen LogP contribution in [0.2, 0.25) is 0 Å². The maximum absolute atomic E-state index is 13.8. The van der Waals surface area contributed by atoms with Crippen molar-refractivity contribution in [3.63, 3.8) is 0 Å². The summed E-state index contributed by atoms with van der Waals surface area (Å²) in [5, 5.41) is 4.10. The second kappa shape index (κ2) is 12.9. The Morgan fingerprint density at radius 2 is 1.62 bits per heavy atom. The molecule has 2 heterocycles. The summed E-state index contributed by atoms with van der Waals surface area (Å²) in [5.41, 5.74) is 2.14. The molecule has 0 saturated carbocycles. The smallest absolute Gasteiger partial charge is 0.421 e. The Labute approximate surface area is 226 Å². The lowest BCUT2D eigenvalue weighted by atomic mass is 10.1. The molecule has 0 spiro atoms. The molecular formula is C28H33F3N6O2. The molecule has 11 heteroatoms. The van der Waals surface area contributed by atoms with Gasteiger partial charge < -0.3 is 14.4 Å². The van der Waals surface area contributed by atoms with Crippen LogP contribution in [0.3, 0.4) is 0 Å². The maximum atomic E-state index is 13.8. The second-order valence-corrected chi connectivity index (χ2v) is 9.15. The molecule has 8 nitrogen and oxygen atoms in total. The molecule has 0 unspecified atom stereocenters. The predicted octanol–water partition coefficient (Wildman–Crippen LogP) is 5.00. The van der Waals surface area contributed by atoms with Crippen molar-refractivity contribution < 1.29 is 22.6 Å². The van der Waals surface area contributed by atoms with Crippen molar-refractivity contribution in [1.82, 2.24) is 19.6 Å². The number of morpholine rings is 1. The van der Waals surface area contributed by atoms with E-state index in [4.69, 9.17) is 14.5 Å². The Balaban J connectivity index is 1.78. The number of aryl methyl sites for hydroxylation is 1. The van der Waals surface area contributed by atoms with Crippen LogP contribution in [0.25, 0.3) is 0 Å². The number of nitrogens with zero attached hydrogens (tertiary/aromatic N) is 6. The summed E-state index contributed by atoms with van der Waals surface area (Å²) in [6.07, 6.45) is -2.96. The average Bonchev–Trinajstić information content (AvgIpc) is 3.39. The lowest BCUT2D eigenvalue weighted by Crippen LogP contribution is -2.40. The summed E-state index contributed by atoms with van der Waals surface area (Å²) in [7, 11) is 1.59. The van der Waals surface area contributed by atoms with Gasteiger partial charge in [0.05, 0.1) is 33.2 Å². The van der Waals surface area contributed by atoms with E-state index in [1.165, 1.54) is 5.56 Å². The molecule has 0 atom stereocenters. The monoisotopic (exact) mass is 542 g/mol. The number of methoxy groups -OCH3 is 1.